The van der Waals surface area contributed by atoms with E-state index in [1.807, 2.05) is 6.92 Å². The zero-order valence-electron chi connectivity index (χ0n) is 14.8. The number of amides is 1. The number of nitriles is 1. The van der Waals surface area contributed by atoms with Crippen molar-refractivity contribution in [2.24, 2.45) is 0 Å². The molecule has 0 saturated heterocycles. The minimum Gasteiger partial charge on any atom is -0.508 e. The maximum atomic E-state index is 13.5. The predicted octanol–water partition coefficient (Wildman–Crippen LogP) is 4.33. The number of rotatable bonds is 2. The summed E-state index contributed by atoms with van der Waals surface area (Å²) >= 11 is 3.44. The van der Waals surface area contributed by atoms with Crippen molar-refractivity contribution < 1.29 is 15.0 Å². The minimum atomic E-state index is -1.21. The fourth-order valence-corrected chi connectivity index (χ4v) is 4.23. The van der Waals surface area contributed by atoms with Crippen LogP contribution in [0.5, 0.6) is 11.5 Å². The third kappa shape index (κ3) is 2.40. The highest BCUT2D eigenvalue weighted by Gasteiger charge is 2.50. The Hall–Kier alpha value is -3.30. The molecule has 1 aliphatic rings. The van der Waals surface area contributed by atoms with Crippen molar-refractivity contribution in [1.82, 2.24) is 0 Å². The number of halogens is 1. The van der Waals surface area contributed by atoms with Crippen molar-refractivity contribution in [2.45, 2.75) is 12.3 Å². The average molecular weight is 435 g/mol. The molecule has 1 amide bonds. The van der Waals surface area contributed by atoms with Crippen LogP contribution in [0, 0.1) is 18.3 Å². The molecule has 0 aromatic heterocycles. The van der Waals surface area contributed by atoms with Crippen molar-refractivity contribution in [2.75, 3.05) is 5.32 Å². The van der Waals surface area contributed by atoms with Gasteiger partial charge in [-0.2, -0.15) is 5.26 Å². The largest absolute Gasteiger partial charge is 0.508 e. The van der Waals surface area contributed by atoms with E-state index in [1.165, 1.54) is 24.3 Å². The Morgan fingerprint density at radius 2 is 1.50 bits per heavy atom. The first kappa shape index (κ1) is 18.1. The standard InChI is InChI=1S/C22H15BrN2O3/c1-12-19(23)13(11-24)10-18-20(12)25-21(28)22(18,14-2-6-16(26)7-3-14)15-4-8-17(27)9-5-15/h2-10,26-27H,1H3,(H,25,28). The van der Waals surface area contributed by atoms with Gasteiger partial charge in [-0.25, -0.2) is 0 Å². The van der Waals surface area contributed by atoms with E-state index >= 15 is 0 Å². The molecular weight excluding hydrogens is 420 g/mol. The lowest BCUT2D eigenvalue weighted by Crippen LogP contribution is -2.37. The molecule has 0 spiro atoms. The van der Waals surface area contributed by atoms with Crippen molar-refractivity contribution in [1.29, 1.82) is 5.26 Å². The fourth-order valence-electron chi connectivity index (χ4n) is 3.82. The average Bonchev–Trinajstić information content (AvgIpc) is 2.99. The second kappa shape index (κ2) is 6.39. The van der Waals surface area contributed by atoms with Crippen LogP contribution in [0.3, 0.4) is 0 Å². The van der Waals surface area contributed by atoms with Gasteiger partial charge in [0, 0.05) is 15.7 Å². The molecule has 5 nitrogen and oxygen atoms in total. The fraction of sp³-hybridized carbons (Fsp3) is 0.0909. The van der Waals surface area contributed by atoms with Crippen LogP contribution in [0.25, 0.3) is 0 Å². The topological polar surface area (TPSA) is 93.4 Å². The van der Waals surface area contributed by atoms with E-state index in [2.05, 4.69) is 27.3 Å². The monoisotopic (exact) mass is 434 g/mol. The molecular formula is C22H15BrN2O3. The molecule has 0 fully saturated rings. The Kier molecular flexibility index (Phi) is 4.13. The lowest BCUT2D eigenvalue weighted by Gasteiger charge is -2.29. The number of aromatic hydroxyl groups is 2. The van der Waals surface area contributed by atoms with Crippen molar-refractivity contribution >= 4 is 27.5 Å². The Labute approximate surface area is 170 Å². The van der Waals surface area contributed by atoms with Crippen LogP contribution in [0.1, 0.15) is 27.8 Å². The predicted molar refractivity (Wildman–Crippen MR) is 108 cm³/mol. The summed E-state index contributed by atoms with van der Waals surface area (Å²) in [7, 11) is 0. The van der Waals surface area contributed by atoms with Crippen LogP contribution >= 0.6 is 15.9 Å². The quantitative estimate of drug-likeness (QED) is 0.559. The zero-order valence-corrected chi connectivity index (χ0v) is 16.4. The van der Waals surface area contributed by atoms with Crippen molar-refractivity contribution in [3.05, 3.63) is 86.9 Å². The molecule has 4 rings (SSSR count). The Morgan fingerprint density at radius 3 is 1.96 bits per heavy atom. The number of nitrogens with zero attached hydrogens (tertiary/aromatic N) is 1. The number of phenols is 2. The summed E-state index contributed by atoms with van der Waals surface area (Å²) in [5.74, 6) is -0.0789. The molecule has 28 heavy (non-hydrogen) atoms. The summed E-state index contributed by atoms with van der Waals surface area (Å²) in [4.78, 5) is 13.5. The molecule has 1 heterocycles. The van der Waals surface area contributed by atoms with Gasteiger partial charge in [0.05, 0.1) is 5.56 Å². The lowest BCUT2D eigenvalue weighted by atomic mass is 9.69. The highest BCUT2D eigenvalue weighted by Crippen LogP contribution is 2.50. The third-order valence-electron chi connectivity index (χ3n) is 5.20. The van der Waals surface area contributed by atoms with E-state index < -0.39 is 5.41 Å². The number of anilines is 1. The van der Waals surface area contributed by atoms with Gasteiger partial charge in [-0.15, -0.1) is 0 Å². The van der Waals surface area contributed by atoms with E-state index in [9.17, 15) is 20.3 Å². The highest BCUT2D eigenvalue weighted by atomic mass is 79.9. The van der Waals surface area contributed by atoms with Gasteiger partial charge < -0.3 is 15.5 Å². The highest BCUT2D eigenvalue weighted by molar-refractivity contribution is 9.10. The molecule has 3 aromatic rings. The van der Waals surface area contributed by atoms with Gasteiger partial charge in [0.1, 0.15) is 23.0 Å². The molecule has 1 aliphatic heterocycles. The first-order chi connectivity index (χ1) is 13.4. The Morgan fingerprint density at radius 1 is 1.00 bits per heavy atom. The molecule has 3 aromatic carbocycles. The van der Waals surface area contributed by atoms with Gasteiger partial charge in [-0.05, 0) is 69.9 Å². The van der Waals surface area contributed by atoms with E-state index in [-0.39, 0.29) is 17.4 Å². The summed E-state index contributed by atoms with van der Waals surface area (Å²) in [6.45, 7) is 1.84. The maximum Gasteiger partial charge on any atom is 0.244 e. The molecule has 0 atom stereocenters. The number of carbonyl (C=O) groups excluding carboxylic acids is 1. The number of fused-ring (bicyclic) bond motifs is 1. The summed E-state index contributed by atoms with van der Waals surface area (Å²) in [6, 6.07) is 16.8. The van der Waals surface area contributed by atoms with Crippen molar-refractivity contribution in [3.63, 3.8) is 0 Å². The van der Waals surface area contributed by atoms with Crippen LogP contribution < -0.4 is 5.32 Å². The van der Waals surface area contributed by atoms with Gasteiger partial charge in [-0.1, -0.05) is 24.3 Å². The van der Waals surface area contributed by atoms with Gasteiger partial charge in [0.2, 0.25) is 5.91 Å². The van der Waals surface area contributed by atoms with Gasteiger partial charge in [0.25, 0.3) is 0 Å². The number of hydrogen-bond donors (Lipinski definition) is 3. The summed E-state index contributed by atoms with van der Waals surface area (Å²) < 4.78 is 0.640. The molecule has 0 radical (unpaired) electrons. The van der Waals surface area contributed by atoms with Crippen LogP contribution in [0.4, 0.5) is 5.69 Å². The van der Waals surface area contributed by atoms with Gasteiger partial charge in [-0.3, -0.25) is 4.79 Å². The molecule has 0 saturated carbocycles. The molecule has 6 heteroatoms. The van der Waals surface area contributed by atoms with Crippen LogP contribution in [0.2, 0.25) is 0 Å². The number of hydrogen-bond acceptors (Lipinski definition) is 4. The van der Waals surface area contributed by atoms with E-state index in [4.69, 9.17) is 0 Å². The smallest absolute Gasteiger partial charge is 0.244 e. The number of nitrogens with one attached hydrogen (secondary N) is 1. The van der Waals surface area contributed by atoms with Crippen LogP contribution in [0.15, 0.2) is 59.1 Å². The van der Waals surface area contributed by atoms with E-state index in [0.29, 0.717) is 32.4 Å². The second-order valence-electron chi connectivity index (χ2n) is 6.70. The number of phenolic OH excluding ortho intramolecular Hbond substituents is 2. The molecule has 0 unspecified atom stereocenters. The SMILES string of the molecule is Cc1c(Br)c(C#N)cc2c1NC(=O)C2(c1ccc(O)cc1)c1ccc(O)cc1. The zero-order chi connectivity index (χ0) is 20.1. The summed E-state index contributed by atoms with van der Waals surface area (Å²) in [5.41, 5.74) is 2.59. The first-order valence-corrected chi connectivity index (χ1v) is 9.33. The molecule has 138 valence electrons. The normalized spacial score (nSPS) is 14.2. The second-order valence-corrected chi connectivity index (χ2v) is 7.49. The van der Waals surface area contributed by atoms with E-state index in [0.717, 1.165) is 5.56 Å². The van der Waals surface area contributed by atoms with Crippen LogP contribution in [-0.4, -0.2) is 16.1 Å². The molecule has 0 aliphatic carbocycles. The molecule has 3 N–H and O–H groups in total. The van der Waals surface area contributed by atoms with Gasteiger partial charge >= 0.3 is 0 Å². The van der Waals surface area contributed by atoms with Gasteiger partial charge in [0.15, 0.2) is 0 Å². The lowest BCUT2D eigenvalue weighted by molar-refractivity contribution is -0.118. The Bertz CT molecular complexity index is 1100. The first-order valence-electron chi connectivity index (χ1n) is 8.53. The summed E-state index contributed by atoms with van der Waals surface area (Å²) in [5, 5.41) is 32.0. The van der Waals surface area contributed by atoms with Crippen LogP contribution in [-0.2, 0) is 10.2 Å². The minimum absolute atomic E-state index is 0.0907. The maximum absolute atomic E-state index is 13.5. The number of benzene rings is 3. The third-order valence-corrected chi connectivity index (χ3v) is 6.22. The molecule has 0 bridgehead atoms. The van der Waals surface area contributed by atoms with Crippen molar-refractivity contribution in [3.8, 4) is 17.6 Å². The Balaban J connectivity index is 2.13. The summed E-state index contributed by atoms with van der Waals surface area (Å²) in [6.07, 6.45) is 0. The number of carbonyl (C=O) groups is 1. The van der Waals surface area contributed by atoms with E-state index in [1.54, 1.807) is 30.3 Å².